The number of ether oxygens (including phenoxy) is 1. The van der Waals surface area contributed by atoms with Crippen LogP contribution in [-0.2, 0) is 7.05 Å². The molecular weight excluding hydrogens is 314 g/mol. The Hall–Kier alpha value is -2.54. The smallest absolute Gasteiger partial charge is 0.258 e. The SMILES string of the molecule is COc1nn(C)cc1C(=O)NC[C@H](c1ccco1)c1cccs1. The fourth-order valence-corrected chi connectivity index (χ4v) is 3.22. The van der Waals surface area contributed by atoms with Crippen LogP contribution in [0.25, 0.3) is 0 Å². The van der Waals surface area contributed by atoms with Crippen molar-refractivity contribution in [3.63, 3.8) is 0 Å². The van der Waals surface area contributed by atoms with E-state index in [-0.39, 0.29) is 11.8 Å². The van der Waals surface area contributed by atoms with Crippen molar-refractivity contribution in [3.05, 3.63) is 58.3 Å². The van der Waals surface area contributed by atoms with E-state index in [0.717, 1.165) is 10.6 Å². The van der Waals surface area contributed by atoms with Crippen LogP contribution in [0.3, 0.4) is 0 Å². The highest BCUT2D eigenvalue weighted by molar-refractivity contribution is 7.10. The van der Waals surface area contributed by atoms with Gasteiger partial charge in [-0.3, -0.25) is 9.48 Å². The Kier molecular flexibility index (Phi) is 4.47. The quantitative estimate of drug-likeness (QED) is 0.754. The number of amides is 1. The molecule has 120 valence electrons. The lowest BCUT2D eigenvalue weighted by Crippen LogP contribution is -2.28. The van der Waals surface area contributed by atoms with Gasteiger partial charge in [-0.2, -0.15) is 0 Å². The molecule has 0 aromatic carbocycles. The van der Waals surface area contributed by atoms with Gasteiger partial charge in [0.25, 0.3) is 5.91 Å². The highest BCUT2D eigenvalue weighted by Crippen LogP contribution is 2.28. The number of aromatic nitrogens is 2. The summed E-state index contributed by atoms with van der Waals surface area (Å²) in [5.41, 5.74) is 0.416. The van der Waals surface area contributed by atoms with Crippen molar-refractivity contribution < 1.29 is 13.9 Å². The summed E-state index contributed by atoms with van der Waals surface area (Å²) in [7, 11) is 3.24. The predicted octanol–water partition coefficient (Wildman–Crippen LogP) is 2.65. The van der Waals surface area contributed by atoms with Gasteiger partial charge in [-0.05, 0) is 23.6 Å². The third-order valence-corrected chi connectivity index (χ3v) is 4.46. The monoisotopic (exact) mass is 331 g/mol. The number of hydrogen-bond acceptors (Lipinski definition) is 5. The molecule has 23 heavy (non-hydrogen) atoms. The van der Waals surface area contributed by atoms with Crippen molar-refractivity contribution in [3.8, 4) is 5.88 Å². The summed E-state index contributed by atoms with van der Waals surface area (Å²) < 4.78 is 12.2. The van der Waals surface area contributed by atoms with Crippen LogP contribution in [0.2, 0.25) is 0 Å². The number of carbonyl (C=O) groups excluding carboxylic acids is 1. The first-order valence-electron chi connectivity index (χ1n) is 7.11. The molecule has 0 radical (unpaired) electrons. The number of carbonyl (C=O) groups is 1. The molecule has 0 saturated heterocycles. The maximum atomic E-state index is 12.4. The zero-order valence-electron chi connectivity index (χ0n) is 12.9. The molecule has 0 saturated carbocycles. The Labute approximate surface area is 137 Å². The molecule has 1 atom stereocenters. The van der Waals surface area contributed by atoms with Gasteiger partial charge in [0.05, 0.1) is 19.3 Å². The summed E-state index contributed by atoms with van der Waals surface area (Å²) in [6, 6.07) is 7.79. The van der Waals surface area contributed by atoms with Crippen molar-refractivity contribution in [2.75, 3.05) is 13.7 Å². The molecule has 0 unspecified atom stereocenters. The van der Waals surface area contributed by atoms with E-state index in [1.165, 1.54) is 7.11 Å². The summed E-state index contributed by atoms with van der Waals surface area (Å²) in [5, 5.41) is 9.04. The number of methoxy groups -OCH3 is 1. The Morgan fingerprint density at radius 2 is 2.35 bits per heavy atom. The molecule has 3 aromatic heterocycles. The van der Waals surface area contributed by atoms with Crippen molar-refractivity contribution in [2.45, 2.75) is 5.92 Å². The fraction of sp³-hybridized carbons (Fsp3) is 0.250. The summed E-state index contributed by atoms with van der Waals surface area (Å²) in [5.74, 6) is 0.904. The Balaban J connectivity index is 1.75. The normalized spacial score (nSPS) is 12.1. The third kappa shape index (κ3) is 3.29. The number of furan rings is 1. The van der Waals surface area contributed by atoms with Gasteiger partial charge < -0.3 is 14.5 Å². The van der Waals surface area contributed by atoms with E-state index in [0.29, 0.717) is 18.0 Å². The molecule has 3 rings (SSSR count). The number of aryl methyl sites for hydroxylation is 1. The molecule has 7 heteroatoms. The lowest BCUT2D eigenvalue weighted by molar-refractivity contribution is 0.0949. The molecule has 3 heterocycles. The predicted molar refractivity (Wildman–Crippen MR) is 87.0 cm³/mol. The van der Waals surface area contributed by atoms with Crippen LogP contribution < -0.4 is 10.1 Å². The fourth-order valence-electron chi connectivity index (χ4n) is 2.39. The van der Waals surface area contributed by atoms with Crippen LogP contribution in [0.4, 0.5) is 0 Å². The van der Waals surface area contributed by atoms with Crippen molar-refractivity contribution >= 4 is 17.2 Å². The average Bonchev–Trinajstić information content (AvgIpc) is 3.28. The highest BCUT2D eigenvalue weighted by atomic mass is 32.1. The maximum absolute atomic E-state index is 12.4. The standard InChI is InChI=1S/C16H17N3O3S/c1-19-10-12(16(18-19)21-2)15(20)17-9-11(13-5-3-7-22-13)14-6-4-8-23-14/h3-8,10-11H,9H2,1-2H3,(H,17,20)/t11-/m1/s1. The van der Waals surface area contributed by atoms with E-state index in [9.17, 15) is 4.79 Å². The molecule has 3 aromatic rings. The van der Waals surface area contributed by atoms with Crippen molar-refractivity contribution in [1.29, 1.82) is 0 Å². The molecule has 0 bridgehead atoms. The number of nitrogens with one attached hydrogen (secondary N) is 1. The maximum Gasteiger partial charge on any atom is 0.258 e. The molecule has 0 aliphatic heterocycles. The molecule has 0 aliphatic carbocycles. The minimum atomic E-state index is -0.219. The molecule has 0 spiro atoms. The Morgan fingerprint density at radius 1 is 1.48 bits per heavy atom. The first kappa shape index (κ1) is 15.4. The minimum Gasteiger partial charge on any atom is -0.479 e. The second-order valence-corrected chi connectivity index (χ2v) is 6.00. The van der Waals surface area contributed by atoms with E-state index in [4.69, 9.17) is 9.15 Å². The first-order chi connectivity index (χ1) is 11.2. The minimum absolute atomic E-state index is 0.0170. The van der Waals surface area contributed by atoms with Crippen LogP contribution in [0.1, 0.15) is 26.9 Å². The highest BCUT2D eigenvalue weighted by Gasteiger charge is 2.21. The van der Waals surface area contributed by atoms with E-state index in [1.807, 2.05) is 29.6 Å². The largest absolute Gasteiger partial charge is 0.479 e. The van der Waals surface area contributed by atoms with Crippen molar-refractivity contribution in [2.24, 2.45) is 7.05 Å². The van der Waals surface area contributed by atoms with Crippen LogP contribution in [0.5, 0.6) is 5.88 Å². The van der Waals surface area contributed by atoms with Gasteiger partial charge in [0.1, 0.15) is 11.3 Å². The van der Waals surface area contributed by atoms with Crippen LogP contribution in [0, 0.1) is 0 Å². The van der Waals surface area contributed by atoms with Crippen LogP contribution in [-0.4, -0.2) is 29.3 Å². The molecule has 1 N–H and O–H groups in total. The molecule has 1 amide bonds. The molecular formula is C16H17N3O3S. The summed E-state index contributed by atoms with van der Waals surface area (Å²) >= 11 is 1.64. The van der Waals surface area contributed by atoms with Gasteiger partial charge in [-0.15, -0.1) is 16.4 Å². The lowest BCUT2D eigenvalue weighted by atomic mass is 10.0. The number of thiophene rings is 1. The second-order valence-electron chi connectivity index (χ2n) is 5.02. The van der Waals surface area contributed by atoms with Gasteiger partial charge in [0.15, 0.2) is 0 Å². The summed E-state index contributed by atoms with van der Waals surface area (Å²) in [6.45, 7) is 0.435. The van der Waals surface area contributed by atoms with E-state index in [1.54, 1.807) is 35.5 Å². The molecule has 0 fully saturated rings. The molecule has 0 aliphatic rings. The van der Waals surface area contributed by atoms with Gasteiger partial charge in [-0.1, -0.05) is 6.07 Å². The Morgan fingerprint density at radius 3 is 3.00 bits per heavy atom. The van der Waals surface area contributed by atoms with Crippen LogP contribution >= 0.6 is 11.3 Å². The summed E-state index contributed by atoms with van der Waals surface area (Å²) in [6.07, 6.45) is 3.28. The lowest BCUT2D eigenvalue weighted by Gasteiger charge is -2.14. The van der Waals surface area contributed by atoms with Crippen LogP contribution in [0.15, 0.2) is 46.5 Å². The Bertz CT molecular complexity index is 728. The topological polar surface area (TPSA) is 69.3 Å². The van der Waals surface area contributed by atoms with Gasteiger partial charge >= 0.3 is 0 Å². The second kappa shape index (κ2) is 6.70. The zero-order valence-corrected chi connectivity index (χ0v) is 13.7. The van der Waals surface area contributed by atoms with E-state index >= 15 is 0 Å². The van der Waals surface area contributed by atoms with Crippen molar-refractivity contribution in [1.82, 2.24) is 15.1 Å². The molecule has 6 nitrogen and oxygen atoms in total. The average molecular weight is 331 g/mol. The van der Waals surface area contributed by atoms with Gasteiger partial charge in [-0.25, -0.2) is 0 Å². The third-order valence-electron chi connectivity index (χ3n) is 3.47. The number of rotatable bonds is 6. The van der Waals surface area contributed by atoms with Gasteiger partial charge in [0, 0.05) is 24.7 Å². The number of hydrogen-bond donors (Lipinski definition) is 1. The first-order valence-corrected chi connectivity index (χ1v) is 7.99. The zero-order chi connectivity index (χ0) is 16.2. The summed E-state index contributed by atoms with van der Waals surface area (Å²) in [4.78, 5) is 13.5. The van der Waals surface area contributed by atoms with Gasteiger partial charge in [0.2, 0.25) is 5.88 Å². The number of nitrogens with zero attached hydrogens (tertiary/aromatic N) is 2. The van der Waals surface area contributed by atoms with E-state index < -0.39 is 0 Å². The van der Waals surface area contributed by atoms with E-state index in [2.05, 4.69) is 10.4 Å².